The van der Waals surface area contributed by atoms with Crippen molar-refractivity contribution in [1.82, 2.24) is 24.4 Å². The molecule has 40 heavy (non-hydrogen) atoms. The summed E-state index contributed by atoms with van der Waals surface area (Å²) in [7, 11) is 7.76. The number of anilines is 4. The molecule has 4 rings (SSSR count). The molecule has 0 bridgehead atoms. The van der Waals surface area contributed by atoms with Crippen LogP contribution in [0.2, 0.25) is 0 Å². The van der Waals surface area contributed by atoms with E-state index in [9.17, 15) is 9.18 Å². The van der Waals surface area contributed by atoms with Crippen LogP contribution in [-0.4, -0.2) is 70.7 Å². The minimum atomic E-state index is -0.363. The topological polar surface area (TPSA) is 100 Å². The smallest absolute Gasteiger partial charge is 0.247 e. The molecule has 0 aliphatic carbocycles. The van der Waals surface area contributed by atoms with Crippen LogP contribution in [0.25, 0.3) is 22.2 Å². The van der Waals surface area contributed by atoms with Crippen LogP contribution in [0.3, 0.4) is 0 Å². The van der Waals surface area contributed by atoms with Crippen LogP contribution in [-0.2, 0) is 11.8 Å². The van der Waals surface area contributed by atoms with Crippen molar-refractivity contribution in [2.24, 2.45) is 7.05 Å². The molecule has 3 aromatic heterocycles. The van der Waals surface area contributed by atoms with Gasteiger partial charge in [0.25, 0.3) is 0 Å². The van der Waals surface area contributed by atoms with Crippen LogP contribution in [0, 0.1) is 5.82 Å². The van der Waals surface area contributed by atoms with Crippen molar-refractivity contribution < 1.29 is 13.9 Å². The zero-order valence-electron chi connectivity index (χ0n) is 23.7. The highest BCUT2D eigenvalue weighted by molar-refractivity contribution is 6.01. The number of amides is 1. The second kappa shape index (κ2) is 12.1. The zero-order valence-corrected chi connectivity index (χ0v) is 23.7. The van der Waals surface area contributed by atoms with Crippen molar-refractivity contribution in [2.45, 2.75) is 20.0 Å². The third kappa shape index (κ3) is 6.55. The Balaban J connectivity index is 1.75. The van der Waals surface area contributed by atoms with E-state index in [4.69, 9.17) is 14.7 Å². The predicted molar refractivity (Wildman–Crippen MR) is 158 cm³/mol. The number of aryl methyl sites for hydroxylation is 1. The van der Waals surface area contributed by atoms with E-state index in [2.05, 4.69) is 27.1 Å². The second-order valence-electron chi connectivity index (χ2n) is 10.0. The van der Waals surface area contributed by atoms with Crippen LogP contribution in [0.15, 0.2) is 55.4 Å². The van der Waals surface area contributed by atoms with E-state index < -0.39 is 0 Å². The van der Waals surface area contributed by atoms with E-state index in [1.807, 2.05) is 57.7 Å². The van der Waals surface area contributed by atoms with Gasteiger partial charge in [0.2, 0.25) is 17.7 Å². The van der Waals surface area contributed by atoms with E-state index in [0.717, 1.165) is 23.0 Å². The fourth-order valence-corrected chi connectivity index (χ4v) is 4.16. The van der Waals surface area contributed by atoms with Gasteiger partial charge in [-0.15, -0.1) is 0 Å². The lowest BCUT2D eigenvalue weighted by Gasteiger charge is -2.25. The normalized spacial score (nSPS) is 11.2. The highest BCUT2D eigenvalue weighted by Gasteiger charge is 2.20. The Labute approximate surface area is 233 Å². The molecule has 3 heterocycles. The first-order valence-corrected chi connectivity index (χ1v) is 12.9. The number of fused-ring (bicyclic) bond motifs is 1. The maximum absolute atomic E-state index is 13.9. The van der Waals surface area contributed by atoms with Crippen LogP contribution < -0.4 is 20.3 Å². The summed E-state index contributed by atoms with van der Waals surface area (Å²) in [6, 6.07) is 8.23. The molecule has 1 amide bonds. The molecule has 0 spiro atoms. The fourth-order valence-electron chi connectivity index (χ4n) is 4.16. The molecule has 0 saturated carbocycles. The van der Waals surface area contributed by atoms with Crippen LogP contribution >= 0.6 is 0 Å². The minimum Gasteiger partial charge on any atom is -0.473 e. The summed E-state index contributed by atoms with van der Waals surface area (Å²) in [6.45, 7) is 8.85. The molecule has 1 aromatic carbocycles. The van der Waals surface area contributed by atoms with Gasteiger partial charge in [-0.05, 0) is 64.4 Å². The second-order valence-corrected chi connectivity index (χ2v) is 10.0. The Morgan fingerprint density at radius 1 is 1.15 bits per heavy atom. The number of hydrogen-bond acceptors (Lipinski definition) is 8. The number of nitrogens with one attached hydrogen (secondary N) is 2. The van der Waals surface area contributed by atoms with Gasteiger partial charge < -0.3 is 29.7 Å². The molecule has 10 nitrogen and oxygen atoms in total. The average molecular weight is 547 g/mol. The fraction of sp³-hybridized carbons (Fsp3) is 0.310. The van der Waals surface area contributed by atoms with Crippen LogP contribution in [0.5, 0.6) is 5.88 Å². The van der Waals surface area contributed by atoms with E-state index in [-0.39, 0.29) is 17.8 Å². The van der Waals surface area contributed by atoms with Gasteiger partial charge in [-0.1, -0.05) is 6.58 Å². The quantitative estimate of drug-likeness (QED) is 0.258. The third-order valence-electron chi connectivity index (χ3n) is 6.13. The number of carbonyl (C=O) groups excluding carboxylic acids is 1. The van der Waals surface area contributed by atoms with Gasteiger partial charge in [-0.25, -0.2) is 14.4 Å². The number of likely N-dealkylation sites (N-methyl/N-ethyl adjacent to an activating group) is 2. The summed E-state index contributed by atoms with van der Waals surface area (Å²) >= 11 is 0. The summed E-state index contributed by atoms with van der Waals surface area (Å²) in [6.07, 6.45) is 4.60. The maximum Gasteiger partial charge on any atom is 0.247 e. The molecular weight excluding hydrogens is 511 g/mol. The zero-order chi connectivity index (χ0) is 29.0. The van der Waals surface area contributed by atoms with Crippen molar-refractivity contribution in [3.8, 4) is 17.1 Å². The molecule has 0 fully saturated rings. The number of pyridine rings is 1. The lowest BCUT2D eigenvalue weighted by molar-refractivity contribution is -0.111. The summed E-state index contributed by atoms with van der Waals surface area (Å²) in [5.74, 6) is 0.536. The lowest BCUT2D eigenvalue weighted by atomic mass is 10.1. The SMILES string of the molecule is C=CC(=O)Nc1cc(Nc2nccc(-c3cn(C)c4cc(F)ccc34)n2)c(OC(C)C)nc1N(C)CCN(C)C. The average Bonchev–Trinajstić information content (AvgIpc) is 3.23. The highest BCUT2D eigenvalue weighted by Crippen LogP contribution is 2.36. The Bertz CT molecular complexity index is 1530. The van der Waals surface area contributed by atoms with Gasteiger partial charge in [0.1, 0.15) is 11.5 Å². The summed E-state index contributed by atoms with van der Waals surface area (Å²) in [4.78, 5) is 30.2. The number of benzene rings is 1. The molecule has 0 aliphatic heterocycles. The molecule has 4 aromatic rings. The van der Waals surface area contributed by atoms with Crippen molar-refractivity contribution in [1.29, 1.82) is 0 Å². The molecular formula is C29H35FN8O2. The van der Waals surface area contributed by atoms with E-state index >= 15 is 0 Å². The predicted octanol–water partition coefficient (Wildman–Crippen LogP) is 4.82. The Hall–Kier alpha value is -4.51. The molecule has 0 atom stereocenters. The minimum absolute atomic E-state index is 0.162. The first-order chi connectivity index (χ1) is 19.0. The standard InChI is InChI=1S/C29H35FN8O2/c1-8-26(39)32-23-16-24(28(40-18(2)3)35-27(23)37(6)14-13-36(4)5)34-29-31-12-11-22(33-29)21-17-38(7)25-15-19(30)9-10-20(21)25/h8-12,15-18H,1,13-14H2,2-7H3,(H,32,39)(H,31,33,34). The lowest BCUT2D eigenvalue weighted by Crippen LogP contribution is -2.30. The maximum atomic E-state index is 13.9. The highest BCUT2D eigenvalue weighted by atomic mass is 19.1. The number of ether oxygens (including phenoxy) is 1. The Kier molecular flexibility index (Phi) is 8.64. The number of halogens is 1. The van der Waals surface area contributed by atoms with Crippen molar-refractivity contribution in [3.63, 3.8) is 0 Å². The third-order valence-corrected chi connectivity index (χ3v) is 6.13. The number of rotatable bonds is 11. The largest absolute Gasteiger partial charge is 0.473 e. The van der Waals surface area contributed by atoms with Gasteiger partial charge in [-0.2, -0.15) is 4.98 Å². The summed E-state index contributed by atoms with van der Waals surface area (Å²) < 4.78 is 21.8. The van der Waals surface area contributed by atoms with Gasteiger partial charge >= 0.3 is 0 Å². The molecule has 0 saturated heterocycles. The van der Waals surface area contributed by atoms with Gasteiger partial charge in [0.05, 0.1) is 23.0 Å². The Morgan fingerprint density at radius 2 is 1.93 bits per heavy atom. The monoisotopic (exact) mass is 546 g/mol. The summed E-state index contributed by atoms with van der Waals surface area (Å²) in [5, 5.41) is 6.95. The van der Waals surface area contributed by atoms with Gasteiger partial charge in [0.15, 0.2) is 5.82 Å². The van der Waals surface area contributed by atoms with Crippen molar-refractivity contribution in [3.05, 3.63) is 61.2 Å². The number of nitrogens with zero attached hydrogens (tertiary/aromatic N) is 6. The molecule has 0 unspecified atom stereocenters. The van der Waals surface area contributed by atoms with E-state index in [0.29, 0.717) is 41.3 Å². The van der Waals surface area contributed by atoms with Gasteiger partial charge in [0, 0.05) is 50.5 Å². The molecule has 2 N–H and O–H groups in total. The number of aromatic nitrogens is 4. The molecule has 210 valence electrons. The first kappa shape index (κ1) is 28.5. The van der Waals surface area contributed by atoms with Crippen LogP contribution in [0.4, 0.5) is 27.5 Å². The number of hydrogen-bond donors (Lipinski definition) is 2. The van der Waals surface area contributed by atoms with E-state index in [1.54, 1.807) is 24.4 Å². The summed E-state index contributed by atoms with van der Waals surface area (Å²) in [5.41, 5.74) is 3.23. The van der Waals surface area contributed by atoms with Crippen molar-refractivity contribution in [2.75, 3.05) is 49.8 Å². The Morgan fingerprint density at radius 3 is 2.62 bits per heavy atom. The van der Waals surface area contributed by atoms with Crippen LogP contribution in [0.1, 0.15) is 13.8 Å². The molecule has 11 heteroatoms. The molecule has 0 aliphatic rings. The number of carbonyl (C=O) groups is 1. The molecule has 0 radical (unpaired) electrons. The first-order valence-electron chi connectivity index (χ1n) is 12.9. The van der Waals surface area contributed by atoms with Gasteiger partial charge in [-0.3, -0.25) is 4.79 Å². The van der Waals surface area contributed by atoms with E-state index in [1.165, 1.54) is 18.2 Å². The van der Waals surface area contributed by atoms with Crippen molar-refractivity contribution >= 4 is 40.0 Å².